The number of piperidine rings is 1. The third-order valence-corrected chi connectivity index (χ3v) is 5.04. The van der Waals surface area contributed by atoms with Crippen LogP contribution in [-0.2, 0) is 9.59 Å². The van der Waals surface area contributed by atoms with E-state index in [2.05, 4.69) is 30.5 Å². The van der Waals surface area contributed by atoms with Gasteiger partial charge in [-0.25, -0.2) is 9.97 Å². The van der Waals surface area contributed by atoms with Gasteiger partial charge in [0.15, 0.2) is 0 Å². The molecule has 2 aliphatic rings. The molecule has 4 heterocycles. The number of piperazine rings is 1. The zero-order valence-corrected chi connectivity index (χ0v) is 15.5. The molecule has 2 saturated heterocycles. The number of anilines is 3. The van der Waals surface area contributed by atoms with Gasteiger partial charge in [0.25, 0.3) is 0 Å². The summed E-state index contributed by atoms with van der Waals surface area (Å²) in [6.45, 7) is 3.15. The summed E-state index contributed by atoms with van der Waals surface area (Å²) in [5.74, 6) is 1.41. The van der Waals surface area contributed by atoms with Gasteiger partial charge in [0.05, 0.1) is 30.5 Å². The number of nitrogens with one attached hydrogen (secondary N) is 2. The molecule has 2 amide bonds. The van der Waals surface area contributed by atoms with Crippen molar-refractivity contribution in [1.82, 2.24) is 20.3 Å². The van der Waals surface area contributed by atoms with Gasteiger partial charge in [-0.05, 0) is 25.0 Å². The predicted molar refractivity (Wildman–Crippen MR) is 105 cm³/mol. The Morgan fingerprint density at radius 3 is 2.79 bits per heavy atom. The van der Waals surface area contributed by atoms with Gasteiger partial charge in [0.2, 0.25) is 11.8 Å². The summed E-state index contributed by atoms with van der Waals surface area (Å²) in [4.78, 5) is 41.1. The maximum atomic E-state index is 12.7. The lowest BCUT2D eigenvalue weighted by molar-refractivity contribution is -0.121. The first-order valence-electron chi connectivity index (χ1n) is 9.48. The second kappa shape index (κ2) is 8.20. The first kappa shape index (κ1) is 18.1. The Hall–Kier alpha value is -3.23. The molecular formula is C19H23N7O2. The summed E-state index contributed by atoms with van der Waals surface area (Å²) in [7, 11) is 0. The van der Waals surface area contributed by atoms with Crippen LogP contribution in [0.2, 0.25) is 0 Å². The Morgan fingerprint density at radius 2 is 2.04 bits per heavy atom. The molecule has 0 unspecified atom stereocenters. The molecule has 2 N–H and O–H groups in total. The SMILES string of the molecule is O=C1CN(c2ccc(NC(=O)[C@H]3CCCN(c4cnccn4)C3)cn2)CCN1. The fourth-order valence-corrected chi connectivity index (χ4v) is 3.58. The summed E-state index contributed by atoms with van der Waals surface area (Å²) in [6, 6.07) is 3.66. The van der Waals surface area contributed by atoms with Crippen molar-refractivity contribution in [3.63, 3.8) is 0 Å². The van der Waals surface area contributed by atoms with Crippen LogP contribution in [0.4, 0.5) is 17.3 Å². The third-order valence-electron chi connectivity index (χ3n) is 5.04. The van der Waals surface area contributed by atoms with Gasteiger partial charge in [-0.3, -0.25) is 14.6 Å². The summed E-state index contributed by atoms with van der Waals surface area (Å²) in [6.07, 6.45) is 8.45. The van der Waals surface area contributed by atoms with Crippen molar-refractivity contribution in [3.8, 4) is 0 Å². The van der Waals surface area contributed by atoms with Gasteiger partial charge in [0, 0.05) is 38.6 Å². The summed E-state index contributed by atoms with van der Waals surface area (Å²) < 4.78 is 0. The first-order chi connectivity index (χ1) is 13.7. The molecule has 2 fully saturated rings. The Kier molecular flexibility index (Phi) is 5.31. The second-order valence-electron chi connectivity index (χ2n) is 7.01. The third kappa shape index (κ3) is 4.19. The number of pyridine rings is 1. The van der Waals surface area contributed by atoms with E-state index in [0.717, 1.165) is 37.6 Å². The van der Waals surface area contributed by atoms with Gasteiger partial charge >= 0.3 is 0 Å². The lowest BCUT2D eigenvalue weighted by atomic mass is 9.97. The smallest absolute Gasteiger partial charge is 0.239 e. The zero-order chi connectivity index (χ0) is 19.3. The fourth-order valence-electron chi connectivity index (χ4n) is 3.58. The predicted octanol–water partition coefficient (Wildman–Crippen LogP) is 0.663. The van der Waals surface area contributed by atoms with Crippen molar-refractivity contribution >= 4 is 29.1 Å². The van der Waals surface area contributed by atoms with Gasteiger partial charge in [-0.2, -0.15) is 0 Å². The Bertz CT molecular complexity index is 828. The number of rotatable bonds is 4. The monoisotopic (exact) mass is 381 g/mol. The molecule has 9 nitrogen and oxygen atoms in total. The molecule has 0 spiro atoms. The van der Waals surface area contributed by atoms with E-state index in [1.54, 1.807) is 24.8 Å². The van der Waals surface area contributed by atoms with E-state index in [1.807, 2.05) is 17.0 Å². The normalized spacial score (nSPS) is 19.9. The van der Waals surface area contributed by atoms with Gasteiger partial charge in [-0.15, -0.1) is 0 Å². The number of aromatic nitrogens is 3. The van der Waals surface area contributed by atoms with Crippen LogP contribution in [0.5, 0.6) is 0 Å². The Balaban J connectivity index is 1.36. The topological polar surface area (TPSA) is 103 Å². The minimum Gasteiger partial charge on any atom is -0.355 e. The molecule has 1 atom stereocenters. The highest BCUT2D eigenvalue weighted by Gasteiger charge is 2.27. The minimum absolute atomic E-state index is 0.00427. The Morgan fingerprint density at radius 1 is 1.11 bits per heavy atom. The number of nitrogens with zero attached hydrogens (tertiary/aromatic N) is 5. The maximum absolute atomic E-state index is 12.7. The molecule has 0 bridgehead atoms. The summed E-state index contributed by atoms with van der Waals surface area (Å²) >= 11 is 0. The number of hydrogen-bond donors (Lipinski definition) is 2. The van der Waals surface area contributed by atoms with E-state index < -0.39 is 0 Å². The van der Waals surface area contributed by atoms with Crippen LogP contribution in [-0.4, -0.2) is 59.5 Å². The van der Waals surface area contributed by atoms with Crippen LogP contribution in [0, 0.1) is 5.92 Å². The van der Waals surface area contributed by atoms with Gasteiger partial charge in [-0.1, -0.05) is 0 Å². The van der Waals surface area contributed by atoms with Gasteiger partial charge < -0.3 is 20.4 Å². The van der Waals surface area contributed by atoms with Crippen molar-refractivity contribution < 1.29 is 9.59 Å². The van der Waals surface area contributed by atoms with Crippen molar-refractivity contribution in [2.24, 2.45) is 5.92 Å². The van der Waals surface area contributed by atoms with Crippen molar-refractivity contribution in [2.45, 2.75) is 12.8 Å². The maximum Gasteiger partial charge on any atom is 0.239 e. The standard InChI is InChI=1S/C19H23N7O2/c27-18-13-26(9-7-22-18)16-4-3-15(10-23-16)24-19(28)14-2-1-8-25(12-14)17-11-20-5-6-21-17/h3-6,10-11,14H,1-2,7-9,12-13H2,(H,22,27)(H,24,28)/t14-/m0/s1. The Labute approximate surface area is 163 Å². The quantitative estimate of drug-likeness (QED) is 0.802. The molecular weight excluding hydrogens is 358 g/mol. The zero-order valence-electron chi connectivity index (χ0n) is 15.5. The summed E-state index contributed by atoms with van der Waals surface area (Å²) in [5.41, 5.74) is 0.659. The van der Waals surface area contributed by atoms with Crippen LogP contribution in [0.15, 0.2) is 36.9 Å². The highest BCUT2D eigenvalue weighted by Crippen LogP contribution is 2.22. The average Bonchev–Trinajstić information content (AvgIpc) is 2.75. The lowest BCUT2D eigenvalue weighted by Gasteiger charge is -2.32. The first-order valence-corrected chi connectivity index (χ1v) is 9.48. The van der Waals surface area contributed by atoms with Crippen LogP contribution >= 0.6 is 0 Å². The molecule has 9 heteroatoms. The highest BCUT2D eigenvalue weighted by molar-refractivity contribution is 5.93. The molecule has 4 rings (SSSR count). The molecule has 2 aromatic rings. The largest absolute Gasteiger partial charge is 0.355 e. The highest BCUT2D eigenvalue weighted by atomic mass is 16.2. The molecule has 2 aliphatic heterocycles. The fraction of sp³-hybridized carbons (Fsp3) is 0.421. The van der Waals surface area contributed by atoms with Crippen molar-refractivity contribution in [2.75, 3.05) is 47.8 Å². The van der Waals surface area contributed by atoms with E-state index >= 15 is 0 Å². The van der Waals surface area contributed by atoms with Crippen molar-refractivity contribution in [1.29, 1.82) is 0 Å². The molecule has 0 aliphatic carbocycles. The van der Waals surface area contributed by atoms with E-state index in [9.17, 15) is 9.59 Å². The summed E-state index contributed by atoms with van der Waals surface area (Å²) in [5, 5.41) is 5.75. The molecule has 0 saturated carbocycles. The van der Waals surface area contributed by atoms with Crippen LogP contribution in [0.3, 0.4) is 0 Å². The number of carbonyl (C=O) groups is 2. The molecule has 2 aromatic heterocycles. The van der Waals surface area contributed by atoms with Crippen LogP contribution < -0.4 is 20.4 Å². The van der Waals surface area contributed by atoms with E-state index in [1.165, 1.54) is 0 Å². The van der Waals surface area contributed by atoms with Crippen LogP contribution in [0.1, 0.15) is 12.8 Å². The second-order valence-corrected chi connectivity index (χ2v) is 7.01. The van der Waals surface area contributed by atoms with Crippen LogP contribution in [0.25, 0.3) is 0 Å². The molecule has 146 valence electrons. The van der Waals surface area contributed by atoms with Crippen molar-refractivity contribution in [3.05, 3.63) is 36.9 Å². The van der Waals surface area contributed by atoms with E-state index in [4.69, 9.17) is 0 Å². The van der Waals surface area contributed by atoms with Gasteiger partial charge in [0.1, 0.15) is 11.6 Å². The number of amides is 2. The number of carbonyl (C=O) groups excluding carboxylic acids is 2. The van der Waals surface area contributed by atoms with E-state index in [-0.39, 0.29) is 17.7 Å². The molecule has 0 radical (unpaired) electrons. The minimum atomic E-state index is -0.110. The number of hydrogen-bond acceptors (Lipinski definition) is 7. The average molecular weight is 381 g/mol. The molecule has 28 heavy (non-hydrogen) atoms. The lowest BCUT2D eigenvalue weighted by Crippen LogP contribution is -2.48. The molecule has 0 aromatic carbocycles. The van der Waals surface area contributed by atoms with E-state index in [0.29, 0.717) is 25.3 Å².